The van der Waals surface area contributed by atoms with E-state index in [-0.39, 0.29) is 24.0 Å². The molecule has 1 unspecified atom stereocenters. The molecule has 5 nitrogen and oxygen atoms in total. The summed E-state index contributed by atoms with van der Waals surface area (Å²) in [6, 6.07) is 8.29. The van der Waals surface area contributed by atoms with E-state index >= 15 is 0 Å². The number of nitrogens with zero attached hydrogens (tertiary/aromatic N) is 1. The van der Waals surface area contributed by atoms with Gasteiger partial charge in [0.25, 0.3) is 0 Å². The summed E-state index contributed by atoms with van der Waals surface area (Å²) in [5.74, 6) is 2.33. The summed E-state index contributed by atoms with van der Waals surface area (Å²) in [5.41, 5.74) is 1.29. The van der Waals surface area contributed by atoms with Crippen LogP contribution in [0.1, 0.15) is 31.2 Å². The second kappa shape index (κ2) is 11.5. The molecule has 1 aromatic carbocycles. The van der Waals surface area contributed by atoms with Gasteiger partial charge in [0, 0.05) is 39.3 Å². The van der Waals surface area contributed by atoms with Gasteiger partial charge in [0.2, 0.25) is 0 Å². The van der Waals surface area contributed by atoms with Gasteiger partial charge in [-0.1, -0.05) is 18.2 Å². The van der Waals surface area contributed by atoms with E-state index < -0.39 is 0 Å². The predicted molar refractivity (Wildman–Crippen MR) is 105 cm³/mol. The van der Waals surface area contributed by atoms with Gasteiger partial charge in [0.05, 0.1) is 6.61 Å². The summed E-state index contributed by atoms with van der Waals surface area (Å²) in [6.07, 6.45) is 2.01. The van der Waals surface area contributed by atoms with Gasteiger partial charge < -0.3 is 20.1 Å². The molecule has 0 saturated carbocycles. The Bertz CT molecular complexity index is 483. The summed E-state index contributed by atoms with van der Waals surface area (Å²) in [7, 11) is 1.80. The fraction of sp³-hybridized carbons (Fsp3) is 0.588. The van der Waals surface area contributed by atoms with E-state index in [9.17, 15) is 0 Å². The monoisotopic (exact) mass is 433 g/mol. The molecule has 0 spiro atoms. The van der Waals surface area contributed by atoms with Crippen LogP contribution in [0.3, 0.4) is 0 Å². The van der Waals surface area contributed by atoms with Gasteiger partial charge >= 0.3 is 0 Å². The Morgan fingerprint density at radius 3 is 2.96 bits per heavy atom. The predicted octanol–water partition coefficient (Wildman–Crippen LogP) is 2.76. The number of fused-ring (bicyclic) bond motifs is 1. The lowest BCUT2D eigenvalue weighted by atomic mass is 9.93. The highest BCUT2D eigenvalue weighted by Gasteiger charge is 2.20. The van der Waals surface area contributed by atoms with Gasteiger partial charge in [-0.2, -0.15) is 0 Å². The smallest absolute Gasteiger partial charge is 0.190 e. The first-order valence-corrected chi connectivity index (χ1v) is 8.09. The van der Waals surface area contributed by atoms with Crippen molar-refractivity contribution in [3.8, 4) is 5.75 Å². The number of ether oxygens (including phenoxy) is 2. The van der Waals surface area contributed by atoms with Crippen molar-refractivity contribution in [1.82, 2.24) is 10.6 Å². The molecule has 1 atom stereocenters. The van der Waals surface area contributed by atoms with E-state index in [1.807, 2.05) is 19.1 Å². The van der Waals surface area contributed by atoms with E-state index in [1.165, 1.54) is 5.56 Å². The molecule has 0 fully saturated rings. The van der Waals surface area contributed by atoms with E-state index in [4.69, 9.17) is 9.47 Å². The van der Waals surface area contributed by atoms with Gasteiger partial charge in [0.15, 0.2) is 5.96 Å². The largest absolute Gasteiger partial charge is 0.493 e. The maximum Gasteiger partial charge on any atom is 0.190 e. The van der Waals surface area contributed by atoms with Crippen LogP contribution in [-0.2, 0) is 4.74 Å². The summed E-state index contributed by atoms with van der Waals surface area (Å²) < 4.78 is 11.0. The zero-order chi connectivity index (χ0) is 15.6. The zero-order valence-electron chi connectivity index (χ0n) is 14.0. The molecule has 0 saturated heterocycles. The number of aliphatic imine (C=N–C) groups is 1. The molecule has 1 aromatic rings. The third-order valence-corrected chi connectivity index (χ3v) is 3.78. The Labute approximate surface area is 156 Å². The van der Waals surface area contributed by atoms with Crippen molar-refractivity contribution >= 4 is 29.9 Å². The average molecular weight is 433 g/mol. The lowest BCUT2D eigenvalue weighted by Crippen LogP contribution is -2.40. The number of hydrogen-bond donors (Lipinski definition) is 2. The summed E-state index contributed by atoms with van der Waals surface area (Å²) in [6.45, 7) is 6.09. The lowest BCUT2D eigenvalue weighted by Gasteiger charge is -2.26. The zero-order valence-corrected chi connectivity index (χ0v) is 16.3. The molecule has 0 radical (unpaired) electrons. The Morgan fingerprint density at radius 2 is 2.17 bits per heavy atom. The second-order valence-corrected chi connectivity index (χ2v) is 5.30. The van der Waals surface area contributed by atoms with Gasteiger partial charge in [-0.25, -0.2) is 0 Å². The third kappa shape index (κ3) is 6.55. The van der Waals surface area contributed by atoms with Crippen molar-refractivity contribution in [2.45, 2.75) is 25.7 Å². The van der Waals surface area contributed by atoms with Crippen molar-refractivity contribution in [2.24, 2.45) is 4.99 Å². The summed E-state index contributed by atoms with van der Waals surface area (Å²) in [4.78, 5) is 4.27. The van der Waals surface area contributed by atoms with Gasteiger partial charge in [-0.05, 0) is 31.4 Å². The Hall–Kier alpha value is -1.02. The number of nitrogens with one attached hydrogen (secondary N) is 2. The van der Waals surface area contributed by atoms with Crippen LogP contribution in [0, 0.1) is 0 Å². The minimum Gasteiger partial charge on any atom is -0.493 e. The first kappa shape index (κ1) is 20.0. The molecule has 2 N–H and O–H groups in total. The molecule has 0 bridgehead atoms. The molecule has 2 rings (SSSR count). The Balaban J connectivity index is 0.00000264. The van der Waals surface area contributed by atoms with Crippen LogP contribution >= 0.6 is 24.0 Å². The van der Waals surface area contributed by atoms with Crippen molar-refractivity contribution in [1.29, 1.82) is 0 Å². The number of halogens is 1. The standard InChI is InChI=1S/C17H27N3O2.HI/c1-3-21-11-6-10-19-17(18-2)20-13-14-9-12-22-16-8-5-4-7-15(14)16;/h4-5,7-8,14H,3,6,9-13H2,1-2H3,(H2,18,19,20);1H. The third-order valence-electron chi connectivity index (χ3n) is 3.78. The fourth-order valence-electron chi connectivity index (χ4n) is 2.59. The highest BCUT2D eigenvalue weighted by molar-refractivity contribution is 14.0. The number of guanidine groups is 1. The lowest BCUT2D eigenvalue weighted by molar-refractivity contribution is 0.145. The molecular weight excluding hydrogens is 405 g/mol. The van der Waals surface area contributed by atoms with Crippen LogP contribution in [0.4, 0.5) is 0 Å². The molecule has 0 amide bonds. The molecule has 0 aromatic heterocycles. The molecule has 6 heteroatoms. The van der Waals surface area contributed by atoms with Crippen molar-refractivity contribution in [3.05, 3.63) is 29.8 Å². The maximum atomic E-state index is 5.70. The second-order valence-electron chi connectivity index (χ2n) is 5.30. The first-order valence-electron chi connectivity index (χ1n) is 8.09. The number of benzene rings is 1. The molecule has 1 aliphatic rings. The molecule has 1 aliphatic heterocycles. The number of rotatable bonds is 7. The first-order chi connectivity index (χ1) is 10.8. The normalized spacial score (nSPS) is 16.8. The van der Waals surface area contributed by atoms with Crippen molar-refractivity contribution in [2.75, 3.05) is 40.0 Å². The molecule has 23 heavy (non-hydrogen) atoms. The fourth-order valence-corrected chi connectivity index (χ4v) is 2.59. The van der Waals surface area contributed by atoms with Crippen LogP contribution in [0.2, 0.25) is 0 Å². The number of hydrogen-bond acceptors (Lipinski definition) is 3. The quantitative estimate of drug-likeness (QED) is 0.301. The van der Waals surface area contributed by atoms with Crippen LogP contribution in [0.15, 0.2) is 29.3 Å². The Morgan fingerprint density at radius 1 is 1.35 bits per heavy atom. The minimum atomic E-state index is 0. The van der Waals surface area contributed by atoms with Crippen molar-refractivity contribution < 1.29 is 9.47 Å². The summed E-state index contributed by atoms with van der Waals surface area (Å²) >= 11 is 0. The maximum absolute atomic E-state index is 5.70. The molecule has 0 aliphatic carbocycles. The van der Waals surface area contributed by atoms with Gasteiger partial charge in [0.1, 0.15) is 5.75 Å². The molecule has 130 valence electrons. The Kier molecular flexibility index (Phi) is 10.0. The van der Waals surface area contributed by atoms with Gasteiger partial charge in [-0.15, -0.1) is 24.0 Å². The van der Waals surface area contributed by atoms with Gasteiger partial charge in [-0.3, -0.25) is 4.99 Å². The topological polar surface area (TPSA) is 54.9 Å². The highest BCUT2D eigenvalue weighted by Crippen LogP contribution is 2.32. The SMILES string of the molecule is CCOCCCNC(=NC)NCC1CCOc2ccccc21.I. The summed E-state index contributed by atoms with van der Waals surface area (Å²) in [5, 5.41) is 6.73. The number of para-hydroxylation sites is 1. The average Bonchev–Trinajstić information content (AvgIpc) is 2.57. The molecule has 1 heterocycles. The highest BCUT2D eigenvalue weighted by atomic mass is 127. The van der Waals surface area contributed by atoms with Crippen LogP contribution in [-0.4, -0.2) is 45.9 Å². The van der Waals surface area contributed by atoms with Crippen LogP contribution in [0.5, 0.6) is 5.75 Å². The van der Waals surface area contributed by atoms with E-state index in [0.717, 1.165) is 57.5 Å². The minimum absolute atomic E-state index is 0. The van der Waals surface area contributed by atoms with E-state index in [0.29, 0.717) is 5.92 Å². The van der Waals surface area contributed by atoms with Crippen LogP contribution < -0.4 is 15.4 Å². The van der Waals surface area contributed by atoms with E-state index in [1.54, 1.807) is 7.05 Å². The van der Waals surface area contributed by atoms with Crippen LogP contribution in [0.25, 0.3) is 0 Å². The molecular formula is C17H28IN3O2. The van der Waals surface area contributed by atoms with Crippen molar-refractivity contribution in [3.63, 3.8) is 0 Å². The van der Waals surface area contributed by atoms with E-state index in [2.05, 4.69) is 27.8 Å².